The SMILES string of the molecule is COc1cccc(CNC2CCNC2)c1. The van der Waals surface area contributed by atoms with E-state index >= 15 is 0 Å². The van der Waals surface area contributed by atoms with Crippen LogP contribution in [0.5, 0.6) is 5.75 Å². The third kappa shape index (κ3) is 2.94. The molecule has 1 fully saturated rings. The van der Waals surface area contributed by atoms with E-state index < -0.39 is 0 Å². The largest absolute Gasteiger partial charge is 0.497 e. The molecule has 0 radical (unpaired) electrons. The minimum atomic E-state index is 0.621. The number of nitrogens with one attached hydrogen (secondary N) is 2. The molecule has 0 amide bonds. The summed E-state index contributed by atoms with van der Waals surface area (Å²) < 4.78 is 5.19. The van der Waals surface area contributed by atoms with Crippen LogP contribution in [0.1, 0.15) is 12.0 Å². The van der Waals surface area contributed by atoms with Crippen molar-refractivity contribution in [3.63, 3.8) is 0 Å². The second-order valence-electron chi connectivity index (χ2n) is 3.92. The summed E-state index contributed by atoms with van der Waals surface area (Å²) in [6.45, 7) is 3.14. The Labute approximate surface area is 90.8 Å². The third-order valence-corrected chi connectivity index (χ3v) is 2.79. The molecule has 1 saturated heterocycles. The summed E-state index contributed by atoms with van der Waals surface area (Å²) in [4.78, 5) is 0. The molecule has 82 valence electrons. The molecule has 1 aromatic rings. The number of benzene rings is 1. The molecule has 1 aliphatic rings. The Hall–Kier alpha value is -1.06. The van der Waals surface area contributed by atoms with E-state index in [4.69, 9.17) is 4.74 Å². The van der Waals surface area contributed by atoms with E-state index in [1.807, 2.05) is 12.1 Å². The number of hydrogen-bond donors (Lipinski definition) is 2. The molecular weight excluding hydrogens is 188 g/mol. The summed E-state index contributed by atoms with van der Waals surface area (Å²) >= 11 is 0. The zero-order valence-electron chi connectivity index (χ0n) is 9.12. The molecule has 1 atom stereocenters. The van der Waals surface area contributed by atoms with Crippen molar-refractivity contribution in [3.8, 4) is 5.75 Å². The minimum Gasteiger partial charge on any atom is -0.497 e. The summed E-state index contributed by atoms with van der Waals surface area (Å²) in [5.74, 6) is 0.929. The Morgan fingerprint density at radius 2 is 2.47 bits per heavy atom. The van der Waals surface area contributed by atoms with Crippen LogP contribution < -0.4 is 15.4 Å². The molecule has 1 aromatic carbocycles. The van der Waals surface area contributed by atoms with Gasteiger partial charge in [0.25, 0.3) is 0 Å². The van der Waals surface area contributed by atoms with Crippen molar-refractivity contribution in [2.75, 3.05) is 20.2 Å². The first-order valence-corrected chi connectivity index (χ1v) is 5.45. The number of methoxy groups -OCH3 is 1. The van der Waals surface area contributed by atoms with Crippen molar-refractivity contribution in [1.29, 1.82) is 0 Å². The van der Waals surface area contributed by atoms with Gasteiger partial charge in [0.05, 0.1) is 7.11 Å². The molecule has 1 unspecified atom stereocenters. The summed E-state index contributed by atoms with van der Waals surface area (Å²) in [7, 11) is 1.70. The zero-order chi connectivity index (χ0) is 10.5. The first kappa shape index (κ1) is 10.5. The normalized spacial score (nSPS) is 20.5. The molecular formula is C12H18N2O. The summed E-state index contributed by atoms with van der Waals surface area (Å²) in [6.07, 6.45) is 1.23. The standard InChI is InChI=1S/C12H18N2O/c1-15-12-4-2-3-10(7-12)8-14-11-5-6-13-9-11/h2-4,7,11,13-14H,5-6,8-9H2,1H3. The predicted octanol–water partition coefficient (Wildman–Crippen LogP) is 1.15. The number of hydrogen-bond acceptors (Lipinski definition) is 3. The van der Waals surface area contributed by atoms with Gasteiger partial charge in [-0.15, -0.1) is 0 Å². The molecule has 1 heterocycles. The van der Waals surface area contributed by atoms with Crippen molar-refractivity contribution in [1.82, 2.24) is 10.6 Å². The van der Waals surface area contributed by atoms with E-state index in [0.29, 0.717) is 6.04 Å². The average Bonchev–Trinajstić information content (AvgIpc) is 2.79. The van der Waals surface area contributed by atoms with Crippen LogP contribution in [0, 0.1) is 0 Å². The average molecular weight is 206 g/mol. The molecule has 3 heteroatoms. The molecule has 0 aromatic heterocycles. The van der Waals surface area contributed by atoms with E-state index in [1.165, 1.54) is 12.0 Å². The van der Waals surface area contributed by atoms with Crippen molar-refractivity contribution in [2.24, 2.45) is 0 Å². The van der Waals surface area contributed by atoms with Gasteiger partial charge >= 0.3 is 0 Å². The van der Waals surface area contributed by atoms with Crippen LogP contribution in [0.25, 0.3) is 0 Å². The second-order valence-corrected chi connectivity index (χ2v) is 3.92. The van der Waals surface area contributed by atoms with Crippen molar-refractivity contribution < 1.29 is 4.74 Å². The molecule has 0 saturated carbocycles. The second kappa shape index (κ2) is 5.14. The zero-order valence-corrected chi connectivity index (χ0v) is 9.12. The highest BCUT2D eigenvalue weighted by Gasteiger charge is 2.12. The highest BCUT2D eigenvalue weighted by Crippen LogP contribution is 2.12. The van der Waals surface area contributed by atoms with Gasteiger partial charge in [-0.25, -0.2) is 0 Å². The smallest absolute Gasteiger partial charge is 0.119 e. The monoisotopic (exact) mass is 206 g/mol. The van der Waals surface area contributed by atoms with E-state index in [0.717, 1.165) is 25.4 Å². The Bertz CT molecular complexity index is 308. The predicted molar refractivity (Wildman–Crippen MR) is 61.1 cm³/mol. The van der Waals surface area contributed by atoms with Gasteiger partial charge in [-0.3, -0.25) is 0 Å². The summed E-state index contributed by atoms with van der Waals surface area (Å²) in [5.41, 5.74) is 1.28. The molecule has 2 N–H and O–H groups in total. The van der Waals surface area contributed by atoms with Gasteiger partial charge in [0.15, 0.2) is 0 Å². The third-order valence-electron chi connectivity index (χ3n) is 2.79. The Morgan fingerprint density at radius 1 is 1.53 bits per heavy atom. The Balaban J connectivity index is 1.86. The van der Waals surface area contributed by atoms with Crippen molar-refractivity contribution >= 4 is 0 Å². The maximum absolute atomic E-state index is 5.19. The minimum absolute atomic E-state index is 0.621. The maximum Gasteiger partial charge on any atom is 0.119 e. The van der Waals surface area contributed by atoms with Crippen LogP contribution in [0.4, 0.5) is 0 Å². The van der Waals surface area contributed by atoms with Crippen LogP contribution in [0.2, 0.25) is 0 Å². The molecule has 3 nitrogen and oxygen atoms in total. The quantitative estimate of drug-likeness (QED) is 0.775. The highest BCUT2D eigenvalue weighted by molar-refractivity contribution is 5.28. The molecule has 1 aliphatic heterocycles. The lowest BCUT2D eigenvalue weighted by Crippen LogP contribution is -2.30. The first-order chi connectivity index (χ1) is 7.38. The highest BCUT2D eigenvalue weighted by atomic mass is 16.5. The molecule has 0 bridgehead atoms. The molecule has 0 spiro atoms. The lowest BCUT2D eigenvalue weighted by Gasteiger charge is -2.11. The lowest BCUT2D eigenvalue weighted by molar-refractivity contribution is 0.414. The molecule has 2 rings (SSSR count). The van der Waals surface area contributed by atoms with Crippen LogP contribution in [0.15, 0.2) is 24.3 Å². The summed E-state index contributed by atoms with van der Waals surface area (Å²) in [6, 6.07) is 8.83. The maximum atomic E-state index is 5.19. The number of rotatable bonds is 4. The Morgan fingerprint density at radius 3 is 3.20 bits per heavy atom. The fourth-order valence-electron chi connectivity index (χ4n) is 1.87. The lowest BCUT2D eigenvalue weighted by atomic mass is 10.2. The van der Waals surface area contributed by atoms with Crippen LogP contribution in [0.3, 0.4) is 0 Å². The van der Waals surface area contributed by atoms with E-state index in [1.54, 1.807) is 7.11 Å². The van der Waals surface area contributed by atoms with Crippen LogP contribution in [-0.4, -0.2) is 26.2 Å². The van der Waals surface area contributed by atoms with Gasteiger partial charge in [-0.1, -0.05) is 12.1 Å². The van der Waals surface area contributed by atoms with Gasteiger partial charge in [0.2, 0.25) is 0 Å². The van der Waals surface area contributed by atoms with Crippen LogP contribution in [-0.2, 0) is 6.54 Å². The van der Waals surface area contributed by atoms with Crippen molar-refractivity contribution in [2.45, 2.75) is 19.0 Å². The topological polar surface area (TPSA) is 33.3 Å². The van der Waals surface area contributed by atoms with E-state index in [2.05, 4.69) is 22.8 Å². The van der Waals surface area contributed by atoms with Gasteiger partial charge in [-0.2, -0.15) is 0 Å². The first-order valence-electron chi connectivity index (χ1n) is 5.45. The Kier molecular flexibility index (Phi) is 3.59. The van der Waals surface area contributed by atoms with Gasteiger partial charge < -0.3 is 15.4 Å². The van der Waals surface area contributed by atoms with Crippen molar-refractivity contribution in [3.05, 3.63) is 29.8 Å². The fourth-order valence-corrected chi connectivity index (χ4v) is 1.87. The van der Waals surface area contributed by atoms with Gasteiger partial charge in [0.1, 0.15) is 5.75 Å². The van der Waals surface area contributed by atoms with E-state index in [-0.39, 0.29) is 0 Å². The molecule has 0 aliphatic carbocycles. The number of ether oxygens (including phenoxy) is 1. The molecule has 15 heavy (non-hydrogen) atoms. The summed E-state index contributed by atoms with van der Waals surface area (Å²) in [5, 5.41) is 6.88. The van der Waals surface area contributed by atoms with Crippen LogP contribution >= 0.6 is 0 Å². The van der Waals surface area contributed by atoms with Gasteiger partial charge in [0, 0.05) is 19.1 Å². The fraction of sp³-hybridized carbons (Fsp3) is 0.500. The van der Waals surface area contributed by atoms with Gasteiger partial charge in [-0.05, 0) is 30.7 Å². The van der Waals surface area contributed by atoms with E-state index in [9.17, 15) is 0 Å².